The molecule has 0 saturated carbocycles. The molecule has 0 spiro atoms. The Balaban J connectivity index is 1.86. The lowest BCUT2D eigenvalue weighted by Gasteiger charge is -2.34. The van der Waals surface area contributed by atoms with E-state index in [0.717, 1.165) is 38.1 Å². The molecule has 0 aromatic rings. The summed E-state index contributed by atoms with van der Waals surface area (Å²) in [6, 6.07) is 0. The molecule has 6 heteroatoms. The molecule has 0 atom stereocenters. The van der Waals surface area contributed by atoms with Crippen molar-refractivity contribution >= 4 is 29.1 Å². The van der Waals surface area contributed by atoms with Crippen LogP contribution in [0.1, 0.15) is 19.3 Å². The average molecular weight is 359 g/mol. The Morgan fingerprint density at radius 3 is 2.92 bits per heavy atom. The third-order valence-corrected chi connectivity index (χ3v) is 4.98. The van der Waals surface area contributed by atoms with Crippen LogP contribution in [0.25, 0.3) is 0 Å². The van der Waals surface area contributed by atoms with Crippen molar-refractivity contribution in [2.45, 2.75) is 19.3 Å². The number of carbonyl (C=O) groups excluding carboxylic acids is 1. The van der Waals surface area contributed by atoms with Crippen molar-refractivity contribution in [2.75, 3.05) is 25.4 Å². The molecule has 0 aromatic heterocycles. The summed E-state index contributed by atoms with van der Waals surface area (Å²) in [6.07, 6.45) is 13.9. The molecule has 1 fully saturated rings. The molecule has 0 aliphatic carbocycles. The minimum absolute atomic E-state index is 0.0325. The zero-order valence-electron chi connectivity index (χ0n) is 14.6. The highest BCUT2D eigenvalue weighted by atomic mass is 32.2. The summed E-state index contributed by atoms with van der Waals surface area (Å²) >= 11 is 1.49. The lowest BCUT2D eigenvalue weighted by Crippen LogP contribution is -2.41. The van der Waals surface area contributed by atoms with Crippen molar-refractivity contribution in [3.05, 3.63) is 49.4 Å². The summed E-state index contributed by atoms with van der Waals surface area (Å²) in [7, 11) is 0. The minimum Gasteiger partial charge on any atom is -0.374 e. The Kier molecular flexibility index (Phi) is 8.25. The van der Waals surface area contributed by atoms with Gasteiger partial charge in [-0.1, -0.05) is 23.9 Å². The maximum atomic E-state index is 12.6. The summed E-state index contributed by atoms with van der Waals surface area (Å²) < 4.78 is 0. The third-order valence-electron chi connectivity index (χ3n) is 4.07. The van der Waals surface area contributed by atoms with E-state index in [1.54, 1.807) is 18.4 Å². The van der Waals surface area contributed by atoms with Crippen LogP contribution in [0.15, 0.2) is 59.3 Å². The van der Waals surface area contributed by atoms with Crippen LogP contribution in [-0.2, 0) is 4.79 Å². The molecule has 0 bridgehead atoms. The molecule has 0 aromatic carbocycles. The Morgan fingerprint density at radius 2 is 2.20 bits per heavy atom. The summed E-state index contributed by atoms with van der Waals surface area (Å²) in [5, 5.41) is 3.63. The highest BCUT2D eigenvalue weighted by Crippen LogP contribution is 2.22. The number of piperidine rings is 1. The number of aliphatic imine (C=N–C) groups is 2. The van der Waals surface area contributed by atoms with Gasteiger partial charge in [0.05, 0.1) is 6.54 Å². The van der Waals surface area contributed by atoms with E-state index in [4.69, 9.17) is 0 Å². The van der Waals surface area contributed by atoms with Crippen LogP contribution in [0.4, 0.5) is 0 Å². The number of allylic oxidation sites excluding steroid dienone is 3. The van der Waals surface area contributed by atoms with Crippen molar-refractivity contribution in [1.29, 1.82) is 0 Å². The number of amides is 1. The SMILES string of the molecule is C=CCN=C(NC(=O)C1CCN(C2=CC=CN=CC2)CC1)SCC=C. The Hall–Kier alpha value is -2.08. The monoisotopic (exact) mass is 358 g/mol. The van der Waals surface area contributed by atoms with Gasteiger partial charge in [0.25, 0.3) is 0 Å². The molecular weight excluding hydrogens is 332 g/mol. The summed E-state index contributed by atoms with van der Waals surface area (Å²) in [5.74, 6) is 0.818. The van der Waals surface area contributed by atoms with E-state index in [-0.39, 0.29) is 11.8 Å². The van der Waals surface area contributed by atoms with Crippen molar-refractivity contribution in [2.24, 2.45) is 15.9 Å². The molecule has 2 heterocycles. The molecule has 5 nitrogen and oxygen atoms in total. The summed E-state index contributed by atoms with van der Waals surface area (Å²) in [5.41, 5.74) is 1.27. The second kappa shape index (κ2) is 10.7. The summed E-state index contributed by atoms with van der Waals surface area (Å²) in [6.45, 7) is 9.66. The smallest absolute Gasteiger partial charge is 0.229 e. The zero-order chi connectivity index (χ0) is 17.9. The van der Waals surface area contributed by atoms with Gasteiger partial charge in [-0.15, -0.1) is 13.2 Å². The van der Waals surface area contributed by atoms with Crippen LogP contribution in [0.5, 0.6) is 0 Å². The van der Waals surface area contributed by atoms with E-state index in [0.29, 0.717) is 11.7 Å². The van der Waals surface area contributed by atoms with Crippen molar-refractivity contribution in [1.82, 2.24) is 10.2 Å². The quantitative estimate of drug-likeness (QED) is 0.451. The lowest BCUT2D eigenvalue weighted by molar-refractivity contribution is -0.124. The van der Waals surface area contributed by atoms with Gasteiger partial charge in [-0.3, -0.25) is 14.8 Å². The topological polar surface area (TPSA) is 57.1 Å². The molecular formula is C19H26N4OS. The second-order valence-corrected chi connectivity index (χ2v) is 6.83. The zero-order valence-corrected chi connectivity index (χ0v) is 15.4. The third kappa shape index (κ3) is 6.38. The highest BCUT2D eigenvalue weighted by Gasteiger charge is 2.26. The van der Waals surface area contributed by atoms with Gasteiger partial charge in [-0.25, -0.2) is 0 Å². The fourth-order valence-corrected chi connectivity index (χ4v) is 3.37. The molecule has 2 aliphatic heterocycles. The average Bonchev–Trinajstić information content (AvgIpc) is 2.93. The minimum atomic E-state index is 0.0325. The van der Waals surface area contributed by atoms with Gasteiger partial charge in [0.1, 0.15) is 0 Å². The number of amidine groups is 1. The predicted molar refractivity (Wildman–Crippen MR) is 108 cm³/mol. The van der Waals surface area contributed by atoms with E-state index in [1.165, 1.54) is 17.5 Å². The Morgan fingerprint density at radius 1 is 1.40 bits per heavy atom. The molecule has 2 rings (SSSR count). The molecule has 25 heavy (non-hydrogen) atoms. The number of rotatable bonds is 6. The predicted octanol–water partition coefficient (Wildman–Crippen LogP) is 3.15. The number of nitrogens with zero attached hydrogens (tertiary/aromatic N) is 3. The molecule has 1 amide bonds. The number of thioether (sulfide) groups is 1. The molecule has 0 unspecified atom stereocenters. The van der Waals surface area contributed by atoms with E-state index >= 15 is 0 Å². The van der Waals surface area contributed by atoms with Crippen LogP contribution in [0.2, 0.25) is 0 Å². The van der Waals surface area contributed by atoms with Gasteiger partial charge in [0, 0.05) is 49.3 Å². The number of hydrogen-bond donors (Lipinski definition) is 1. The maximum Gasteiger partial charge on any atom is 0.229 e. The standard InChI is InChI=1S/C19H26N4OS/c1-3-10-21-19(25-15-4-2)22-18(24)16-8-13-23(14-9-16)17-6-5-11-20-12-7-17/h3-6,11-12,16H,1-2,7-10,13-15H2,(H,21,22,24). The van der Waals surface area contributed by atoms with Crippen LogP contribution < -0.4 is 5.32 Å². The van der Waals surface area contributed by atoms with Gasteiger partial charge in [-0.2, -0.15) is 0 Å². The summed E-state index contributed by atoms with van der Waals surface area (Å²) in [4.78, 5) is 23.4. The molecule has 134 valence electrons. The maximum absolute atomic E-state index is 12.6. The molecule has 0 radical (unpaired) electrons. The normalized spacial score (nSPS) is 18.5. The Labute approximate surface area is 154 Å². The fraction of sp³-hybridized carbons (Fsp3) is 0.421. The lowest BCUT2D eigenvalue weighted by atomic mass is 9.95. The highest BCUT2D eigenvalue weighted by molar-refractivity contribution is 8.14. The van der Waals surface area contributed by atoms with Crippen molar-refractivity contribution in [3.63, 3.8) is 0 Å². The number of hydrogen-bond acceptors (Lipinski definition) is 5. The van der Waals surface area contributed by atoms with Crippen LogP contribution in [0.3, 0.4) is 0 Å². The molecule has 2 aliphatic rings. The number of carbonyl (C=O) groups is 1. The fourth-order valence-electron chi connectivity index (χ4n) is 2.76. The van der Waals surface area contributed by atoms with Gasteiger partial charge < -0.3 is 10.2 Å². The molecule has 1 N–H and O–H groups in total. The van der Waals surface area contributed by atoms with Crippen LogP contribution >= 0.6 is 11.8 Å². The van der Waals surface area contributed by atoms with E-state index in [9.17, 15) is 4.79 Å². The van der Waals surface area contributed by atoms with Gasteiger partial charge in [0.15, 0.2) is 5.17 Å². The second-order valence-electron chi connectivity index (χ2n) is 5.82. The van der Waals surface area contributed by atoms with E-state index in [1.807, 2.05) is 12.3 Å². The van der Waals surface area contributed by atoms with Crippen LogP contribution in [-0.4, -0.2) is 47.6 Å². The first-order chi connectivity index (χ1) is 12.2. The van der Waals surface area contributed by atoms with Gasteiger partial charge in [-0.05, 0) is 25.0 Å². The van der Waals surface area contributed by atoms with Gasteiger partial charge in [0.2, 0.25) is 5.91 Å². The largest absolute Gasteiger partial charge is 0.374 e. The molecule has 1 saturated heterocycles. The first-order valence-corrected chi connectivity index (χ1v) is 9.55. The van der Waals surface area contributed by atoms with E-state index in [2.05, 4.69) is 39.4 Å². The van der Waals surface area contributed by atoms with Gasteiger partial charge >= 0.3 is 0 Å². The van der Waals surface area contributed by atoms with E-state index < -0.39 is 0 Å². The van der Waals surface area contributed by atoms with Crippen molar-refractivity contribution in [3.8, 4) is 0 Å². The van der Waals surface area contributed by atoms with Crippen LogP contribution in [0, 0.1) is 5.92 Å². The first-order valence-electron chi connectivity index (χ1n) is 8.56. The first kappa shape index (κ1) is 19.2. The van der Waals surface area contributed by atoms with Crippen molar-refractivity contribution < 1.29 is 4.79 Å². The number of likely N-dealkylation sites (tertiary alicyclic amines) is 1. The Bertz CT molecular complexity index is 599. The number of nitrogens with one attached hydrogen (secondary N) is 1.